The lowest BCUT2D eigenvalue weighted by Gasteiger charge is -2.35. The predicted molar refractivity (Wildman–Crippen MR) is 105 cm³/mol. The molecule has 7 heteroatoms. The SMILES string of the molecule is C=C1NC(=O)C(C)=C(c2ccc(Oc3ncccc3C(F)F)cc2C)N1C1CC1. The van der Waals surface area contributed by atoms with Crippen molar-refractivity contribution in [1.29, 1.82) is 0 Å². The standard InChI is InChI=1S/C22H21F2N3O2/c1-12-11-16(29-22-18(20(23)24)5-4-10-25-22)8-9-17(12)19-13(2)21(28)26-14(3)27(19)15-6-7-15/h4-5,8-11,15,20H,3,6-7H2,1-2H3,(H,26,28). The first-order valence-electron chi connectivity index (χ1n) is 9.39. The van der Waals surface area contributed by atoms with Gasteiger partial charge in [-0.25, -0.2) is 13.8 Å². The molecule has 1 fully saturated rings. The van der Waals surface area contributed by atoms with Crippen molar-refractivity contribution in [2.24, 2.45) is 0 Å². The maximum Gasteiger partial charge on any atom is 0.269 e. The molecule has 1 aliphatic heterocycles. The van der Waals surface area contributed by atoms with Gasteiger partial charge in [0.2, 0.25) is 5.88 Å². The number of benzene rings is 1. The molecule has 150 valence electrons. The molecule has 2 aliphatic rings. The van der Waals surface area contributed by atoms with Gasteiger partial charge in [-0.05, 0) is 62.6 Å². The van der Waals surface area contributed by atoms with Gasteiger partial charge in [-0.15, -0.1) is 0 Å². The Bertz CT molecular complexity index is 1030. The third-order valence-electron chi connectivity index (χ3n) is 5.10. The number of hydrogen-bond donors (Lipinski definition) is 1. The highest BCUT2D eigenvalue weighted by atomic mass is 19.3. The molecule has 1 aliphatic carbocycles. The fourth-order valence-corrected chi connectivity index (χ4v) is 3.51. The summed E-state index contributed by atoms with van der Waals surface area (Å²) in [6, 6.07) is 8.38. The van der Waals surface area contributed by atoms with Crippen LogP contribution in [0, 0.1) is 6.92 Å². The first kappa shape index (κ1) is 19.1. The van der Waals surface area contributed by atoms with Gasteiger partial charge in [0.05, 0.1) is 11.3 Å². The molecule has 0 bridgehead atoms. The molecular formula is C22H21F2N3O2. The highest BCUT2D eigenvalue weighted by molar-refractivity contribution is 6.03. The van der Waals surface area contributed by atoms with Gasteiger partial charge in [-0.2, -0.15) is 0 Å². The van der Waals surface area contributed by atoms with Crippen LogP contribution in [0.5, 0.6) is 11.6 Å². The number of nitrogens with one attached hydrogen (secondary N) is 1. The van der Waals surface area contributed by atoms with Crippen molar-refractivity contribution >= 4 is 11.6 Å². The van der Waals surface area contributed by atoms with Gasteiger partial charge >= 0.3 is 0 Å². The number of carbonyl (C=O) groups excluding carboxylic acids is 1. The van der Waals surface area contributed by atoms with Crippen LogP contribution in [0.15, 0.2) is 54.5 Å². The van der Waals surface area contributed by atoms with Crippen molar-refractivity contribution in [3.05, 3.63) is 71.2 Å². The summed E-state index contributed by atoms with van der Waals surface area (Å²) in [6.07, 6.45) is 0.825. The maximum atomic E-state index is 13.2. The summed E-state index contributed by atoms with van der Waals surface area (Å²) < 4.78 is 32.0. The molecule has 1 saturated carbocycles. The number of rotatable bonds is 5. The van der Waals surface area contributed by atoms with Crippen molar-refractivity contribution in [2.45, 2.75) is 39.2 Å². The summed E-state index contributed by atoms with van der Waals surface area (Å²) in [7, 11) is 0. The zero-order chi connectivity index (χ0) is 20.7. The first-order chi connectivity index (χ1) is 13.9. The second-order valence-corrected chi connectivity index (χ2v) is 7.25. The summed E-state index contributed by atoms with van der Waals surface area (Å²) in [5.41, 5.74) is 2.93. The average Bonchev–Trinajstić information content (AvgIpc) is 3.50. The van der Waals surface area contributed by atoms with Gasteiger partial charge in [0.1, 0.15) is 11.6 Å². The number of nitrogens with zero attached hydrogens (tertiary/aromatic N) is 2. The number of aryl methyl sites for hydroxylation is 1. The van der Waals surface area contributed by atoms with Gasteiger partial charge in [0, 0.05) is 23.4 Å². The molecule has 0 spiro atoms. The molecule has 1 amide bonds. The number of aromatic nitrogens is 1. The zero-order valence-corrected chi connectivity index (χ0v) is 16.2. The molecule has 5 nitrogen and oxygen atoms in total. The predicted octanol–water partition coefficient (Wildman–Crippen LogP) is 4.92. The highest BCUT2D eigenvalue weighted by Crippen LogP contribution is 2.41. The number of ether oxygens (including phenoxy) is 1. The highest BCUT2D eigenvalue weighted by Gasteiger charge is 2.38. The molecule has 0 radical (unpaired) electrons. The van der Waals surface area contributed by atoms with Crippen LogP contribution in [0.4, 0.5) is 8.78 Å². The molecule has 2 heterocycles. The van der Waals surface area contributed by atoms with Crippen molar-refractivity contribution in [2.75, 3.05) is 0 Å². The van der Waals surface area contributed by atoms with Gasteiger partial charge in [-0.1, -0.05) is 6.58 Å². The number of pyridine rings is 1. The Labute approximate surface area is 167 Å². The Hall–Kier alpha value is -3.22. The van der Waals surface area contributed by atoms with E-state index in [1.54, 1.807) is 19.1 Å². The maximum absolute atomic E-state index is 13.2. The second kappa shape index (κ2) is 7.31. The minimum Gasteiger partial charge on any atom is -0.439 e. The average molecular weight is 397 g/mol. The van der Waals surface area contributed by atoms with Crippen LogP contribution >= 0.6 is 0 Å². The molecule has 1 aromatic heterocycles. The molecule has 0 saturated heterocycles. The summed E-state index contributed by atoms with van der Waals surface area (Å²) in [6.45, 7) is 7.69. The van der Waals surface area contributed by atoms with Crippen LogP contribution in [0.3, 0.4) is 0 Å². The van der Waals surface area contributed by atoms with E-state index in [9.17, 15) is 13.6 Å². The van der Waals surface area contributed by atoms with E-state index in [1.807, 2.05) is 13.0 Å². The van der Waals surface area contributed by atoms with E-state index < -0.39 is 6.43 Å². The lowest BCUT2D eigenvalue weighted by Crippen LogP contribution is -2.41. The van der Waals surface area contributed by atoms with E-state index >= 15 is 0 Å². The monoisotopic (exact) mass is 397 g/mol. The fraction of sp³-hybridized carbons (Fsp3) is 0.273. The van der Waals surface area contributed by atoms with E-state index in [-0.39, 0.29) is 17.4 Å². The molecule has 2 aromatic rings. The summed E-state index contributed by atoms with van der Waals surface area (Å²) in [4.78, 5) is 18.3. The van der Waals surface area contributed by atoms with E-state index in [0.717, 1.165) is 29.7 Å². The number of halogens is 2. The van der Waals surface area contributed by atoms with Crippen LogP contribution in [0.1, 0.15) is 42.9 Å². The Balaban J connectivity index is 1.70. The van der Waals surface area contributed by atoms with Crippen LogP contribution < -0.4 is 10.1 Å². The number of carbonyl (C=O) groups is 1. The Morgan fingerprint density at radius 1 is 1.28 bits per heavy atom. The number of amides is 1. The quantitative estimate of drug-likeness (QED) is 0.778. The molecule has 29 heavy (non-hydrogen) atoms. The summed E-state index contributed by atoms with van der Waals surface area (Å²) in [5, 5.41) is 2.81. The van der Waals surface area contributed by atoms with Crippen LogP contribution in [-0.4, -0.2) is 21.8 Å². The Kier molecular flexibility index (Phi) is 4.82. The van der Waals surface area contributed by atoms with Crippen molar-refractivity contribution < 1.29 is 18.3 Å². The first-order valence-corrected chi connectivity index (χ1v) is 9.39. The van der Waals surface area contributed by atoms with E-state index in [1.165, 1.54) is 18.3 Å². The molecule has 1 N–H and O–H groups in total. The number of alkyl halides is 2. The molecule has 4 rings (SSSR count). The molecular weight excluding hydrogens is 376 g/mol. The van der Waals surface area contributed by atoms with Crippen LogP contribution in [-0.2, 0) is 4.79 Å². The minimum absolute atomic E-state index is 0.116. The van der Waals surface area contributed by atoms with Gasteiger partial charge in [0.15, 0.2) is 0 Å². The second-order valence-electron chi connectivity index (χ2n) is 7.25. The smallest absolute Gasteiger partial charge is 0.269 e. The van der Waals surface area contributed by atoms with Gasteiger partial charge in [-0.3, -0.25) is 4.79 Å². The lowest BCUT2D eigenvalue weighted by atomic mass is 9.98. The molecule has 0 unspecified atom stereocenters. The third-order valence-corrected chi connectivity index (χ3v) is 5.10. The lowest BCUT2D eigenvalue weighted by molar-refractivity contribution is -0.117. The van der Waals surface area contributed by atoms with Crippen LogP contribution in [0.25, 0.3) is 5.70 Å². The molecule has 0 atom stereocenters. The van der Waals surface area contributed by atoms with Gasteiger partial charge in [0.25, 0.3) is 12.3 Å². The molecule has 1 aromatic carbocycles. The Morgan fingerprint density at radius 2 is 2.03 bits per heavy atom. The van der Waals surface area contributed by atoms with Gasteiger partial charge < -0.3 is 15.0 Å². The largest absolute Gasteiger partial charge is 0.439 e. The fourth-order valence-electron chi connectivity index (χ4n) is 3.51. The minimum atomic E-state index is -2.68. The van der Waals surface area contributed by atoms with Crippen LogP contribution in [0.2, 0.25) is 0 Å². The van der Waals surface area contributed by atoms with E-state index in [4.69, 9.17) is 4.74 Å². The summed E-state index contributed by atoms with van der Waals surface area (Å²) >= 11 is 0. The topological polar surface area (TPSA) is 54.5 Å². The zero-order valence-electron chi connectivity index (χ0n) is 16.2. The van der Waals surface area contributed by atoms with Crippen molar-refractivity contribution in [3.63, 3.8) is 0 Å². The van der Waals surface area contributed by atoms with E-state index in [0.29, 0.717) is 23.2 Å². The third kappa shape index (κ3) is 3.60. The van der Waals surface area contributed by atoms with E-state index in [2.05, 4.69) is 21.8 Å². The normalized spacial score (nSPS) is 17.1. The Morgan fingerprint density at radius 3 is 2.69 bits per heavy atom. The van der Waals surface area contributed by atoms with Crippen molar-refractivity contribution in [3.8, 4) is 11.6 Å². The van der Waals surface area contributed by atoms with Crippen molar-refractivity contribution in [1.82, 2.24) is 15.2 Å². The number of hydrogen-bond acceptors (Lipinski definition) is 4. The summed E-state index contributed by atoms with van der Waals surface area (Å²) in [5.74, 6) is 0.696.